The normalized spacial score (nSPS) is 12.2. The maximum Gasteiger partial charge on any atom is 0.251 e. The summed E-state index contributed by atoms with van der Waals surface area (Å²) < 4.78 is 1.87. The molecule has 5 heteroatoms. The fraction of sp³-hybridized carbons (Fsp3) is 0.375. The molecule has 0 saturated heterocycles. The highest BCUT2D eigenvalue weighted by molar-refractivity contribution is 5.95. The molecule has 3 N–H and O–H groups in total. The van der Waals surface area contributed by atoms with Gasteiger partial charge in [0, 0.05) is 30.0 Å². The van der Waals surface area contributed by atoms with Crippen LogP contribution in [-0.4, -0.2) is 21.7 Å². The van der Waals surface area contributed by atoms with Crippen LogP contribution in [0.5, 0.6) is 0 Å². The van der Waals surface area contributed by atoms with Gasteiger partial charge in [0.25, 0.3) is 5.91 Å². The van der Waals surface area contributed by atoms with Crippen LogP contribution in [0.4, 0.5) is 5.69 Å². The molecule has 0 bridgehead atoms. The van der Waals surface area contributed by atoms with Gasteiger partial charge < -0.3 is 11.1 Å². The van der Waals surface area contributed by atoms with E-state index in [1.165, 1.54) is 5.56 Å². The second-order valence-electron chi connectivity index (χ2n) is 5.48. The van der Waals surface area contributed by atoms with E-state index in [1.807, 2.05) is 32.5 Å². The third-order valence-corrected chi connectivity index (χ3v) is 3.70. The fourth-order valence-electron chi connectivity index (χ4n) is 2.46. The summed E-state index contributed by atoms with van der Waals surface area (Å²) in [6.07, 6.45) is 0.763. The van der Waals surface area contributed by atoms with E-state index in [4.69, 9.17) is 5.73 Å². The molecule has 1 unspecified atom stereocenters. The summed E-state index contributed by atoms with van der Waals surface area (Å²) in [6, 6.07) is 7.02. The quantitative estimate of drug-likeness (QED) is 0.844. The molecule has 0 aliphatic carbocycles. The van der Waals surface area contributed by atoms with E-state index in [-0.39, 0.29) is 11.9 Å². The first-order chi connectivity index (χ1) is 9.88. The van der Waals surface area contributed by atoms with Crippen molar-refractivity contribution in [2.24, 2.45) is 7.05 Å². The Balaban J connectivity index is 2.05. The Bertz CT molecular complexity index is 660. The molecule has 1 heterocycles. The van der Waals surface area contributed by atoms with Crippen LogP contribution >= 0.6 is 0 Å². The summed E-state index contributed by atoms with van der Waals surface area (Å²) in [5.41, 5.74) is 10.2. The van der Waals surface area contributed by atoms with Crippen molar-refractivity contribution >= 4 is 11.6 Å². The Morgan fingerprint density at radius 1 is 1.43 bits per heavy atom. The van der Waals surface area contributed by atoms with Crippen molar-refractivity contribution in [3.63, 3.8) is 0 Å². The number of hydrogen-bond acceptors (Lipinski definition) is 3. The van der Waals surface area contributed by atoms with Crippen molar-refractivity contribution < 1.29 is 4.79 Å². The molecule has 0 radical (unpaired) electrons. The van der Waals surface area contributed by atoms with Crippen LogP contribution in [0, 0.1) is 13.8 Å². The molecule has 1 atom stereocenters. The van der Waals surface area contributed by atoms with E-state index >= 15 is 0 Å². The van der Waals surface area contributed by atoms with Crippen LogP contribution in [-0.2, 0) is 13.5 Å². The van der Waals surface area contributed by atoms with Crippen molar-refractivity contribution in [1.82, 2.24) is 15.1 Å². The molecule has 0 aliphatic rings. The molecule has 1 amide bonds. The first-order valence-corrected chi connectivity index (χ1v) is 7.04. The molecular weight excluding hydrogens is 264 g/mol. The second kappa shape index (κ2) is 5.99. The van der Waals surface area contributed by atoms with Gasteiger partial charge in [0.15, 0.2) is 0 Å². The van der Waals surface area contributed by atoms with Crippen molar-refractivity contribution in [2.75, 3.05) is 5.73 Å². The maximum atomic E-state index is 12.2. The Labute approximate surface area is 125 Å². The number of rotatable bonds is 4. The standard InChI is InChI=1S/C16H22N4O/c1-10(8-15-11(2)19-20(4)12(15)3)18-16(21)13-6-5-7-14(17)9-13/h5-7,9-10H,8,17H2,1-4H3,(H,18,21). The summed E-state index contributed by atoms with van der Waals surface area (Å²) in [7, 11) is 1.93. The van der Waals surface area contributed by atoms with Crippen molar-refractivity contribution in [3.8, 4) is 0 Å². The number of nitrogen functional groups attached to an aromatic ring is 1. The van der Waals surface area contributed by atoms with Crippen molar-refractivity contribution in [1.29, 1.82) is 0 Å². The highest BCUT2D eigenvalue weighted by atomic mass is 16.1. The maximum absolute atomic E-state index is 12.2. The smallest absolute Gasteiger partial charge is 0.251 e. The molecule has 2 aromatic rings. The van der Waals surface area contributed by atoms with E-state index in [9.17, 15) is 4.79 Å². The summed E-state index contributed by atoms with van der Waals surface area (Å²) in [5, 5.41) is 7.40. The predicted octanol–water partition coefficient (Wildman–Crippen LogP) is 1.98. The van der Waals surface area contributed by atoms with E-state index < -0.39 is 0 Å². The number of aromatic nitrogens is 2. The lowest BCUT2D eigenvalue weighted by Crippen LogP contribution is -2.34. The number of nitrogens with two attached hydrogens (primary N) is 1. The van der Waals surface area contributed by atoms with Crippen LogP contribution in [0.25, 0.3) is 0 Å². The molecular formula is C16H22N4O. The van der Waals surface area contributed by atoms with Gasteiger partial charge in [-0.25, -0.2) is 0 Å². The molecule has 5 nitrogen and oxygen atoms in total. The zero-order valence-electron chi connectivity index (χ0n) is 13.0. The lowest BCUT2D eigenvalue weighted by atomic mass is 10.0. The van der Waals surface area contributed by atoms with Gasteiger partial charge in [0.1, 0.15) is 0 Å². The zero-order chi connectivity index (χ0) is 15.6. The van der Waals surface area contributed by atoms with Gasteiger partial charge in [-0.05, 0) is 51.0 Å². The van der Waals surface area contributed by atoms with Crippen LogP contribution in [0.2, 0.25) is 0 Å². The number of carbonyl (C=O) groups is 1. The van der Waals surface area contributed by atoms with E-state index in [1.54, 1.807) is 24.3 Å². The number of nitrogens with zero attached hydrogens (tertiary/aromatic N) is 2. The molecule has 0 spiro atoms. The summed E-state index contributed by atoms with van der Waals surface area (Å²) in [6.45, 7) is 6.03. The van der Waals surface area contributed by atoms with Gasteiger partial charge >= 0.3 is 0 Å². The Kier molecular flexibility index (Phi) is 4.31. The van der Waals surface area contributed by atoms with Gasteiger partial charge in [-0.1, -0.05) is 6.07 Å². The van der Waals surface area contributed by atoms with Gasteiger partial charge in [0.05, 0.1) is 5.69 Å². The third-order valence-electron chi connectivity index (χ3n) is 3.70. The minimum absolute atomic E-state index is 0.0283. The van der Waals surface area contributed by atoms with Gasteiger partial charge in [-0.2, -0.15) is 5.10 Å². The minimum atomic E-state index is -0.103. The Morgan fingerprint density at radius 2 is 2.14 bits per heavy atom. The number of carbonyl (C=O) groups excluding carboxylic acids is 1. The SMILES string of the molecule is Cc1nn(C)c(C)c1CC(C)NC(=O)c1cccc(N)c1. The van der Waals surface area contributed by atoms with Crippen LogP contribution < -0.4 is 11.1 Å². The lowest BCUT2D eigenvalue weighted by Gasteiger charge is -2.14. The molecule has 21 heavy (non-hydrogen) atoms. The Morgan fingerprint density at radius 3 is 2.71 bits per heavy atom. The van der Waals surface area contributed by atoms with E-state index in [2.05, 4.69) is 10.4 Å². The number of hydrogen-bond donors (Lipinski definition) is 2. The van der Waals surface area contributed by atoms with Crippen LogP contribution in [0.15, 0.2) is 24.3 Å². The first-order valence-electron chi connectivity index (χ1n) is 7.04. The van der Waals surface area contributed by atoms with Crippen LogP contribution in [0.3, 0.4) is 0 Å². The average Bonchev–Trinajstić information content (AvgIpc) is 2.65. The molecule has 0 aliphatic heterocycles. The van der Waals surface area contributed by atoms with E-state index in [0.717, 1.165) is 17.8 Å². The number of benzene rings is 1. The molecule has 112 valence electrons. The summed E-state index contributed by atoms with van der Waals surface area (Å²) in [4.78, 5) is 12.2. The largest absolute Gasteiger partial charge is 0.399 e. The number of anilines is 1. The highest BCUT2D eigenvalue weighted by Crippen LogP contribution is 2.14. The van der Waals surface area contributed by atoms with Gasteiger partial charge in [-0.3, -0.25) is 9.48 Å². The molecule has 2 rings (SSSR count). The third kappa shape index (κ3) is 3.42. The molecule has 0 fully saturated rings. The second-order valence-corrected chi connectivity index (χ2v) is 5.48. The lowest BCUT2D eigenvalue weighted by molar-refractivity contribution is 0.0940. The molecule has 1 aromatic heterocycles. The average molecular weight is 286 g/mol. The number of amides is 1. The fourth-order valence-corrected chi connectivity index (χ4v) is 2.46. The minimum Gasteiger partial charge on any atom is -0.399 e. The van der Waals surface area contributed by atoms with Crippen LogP contribution in [0.1, 0.15) is 34.2 Å². The zero-order valence-corrected chi connectivity index (χ0v) is 13.0. The topological polar surface area (TPSA) is 72.9 Å². The first kappa shape index (κ1) is 15.1. The number of aryl methyl sites for hydroxylation is 2. The summed E-state index contributed by atoms with van der Waals surface area (Å²) >= 11 is 0. The number of nitrogens with one attached hydrogen (secondary N) is 1. The predicted molar refractivity (Wildman–Crippen MR) is 84.2 cm³/mol. The van der Waals surface area contributed by atoms with Gasteiger partial charge in [-0.15, -0.1) is 0 Å². The summed E-state index contributed by atoms with van der Waals surface area (Å²) in [5.74, 6) is -0.103. The van der Waals surface area contributed by atoms with Crippen molar-refractivity contribution in [3.05, 3.63) is 46.8 Å². The highest BCUT2D eigenvalue weighted by Gasteiger charge is 2.15. The van der Waals surface area contributed by atoms with E-state index in [0.29, 0.717) is 11.3 Å². The monoisotopic (exact) mass is 286 g/mol. The van der Waals surface area contributed by atoms with Gasteiger partial charge in [0.2, 0.25) is 0 Å². The van der Waals surface area contributed by atoms with Crippen molar-refractivity contribution in [2.45, 2.75) is 33.2 Å². The Hall–Kier alpha value is -2.30. The molecule has 0 saturated carbocycles. The molecule has 1 aromatic carbocycles.